The molecule has 0 bridgehead atoms. The van der Waals surface area contributed by atoms with Crippen LogP contribution in [0, 0.1) is 0 Å². The third kappa shape index (κ3) is 2.99. The van der Waals surface area contributed by atoms with E-state index in [-0.39, 0.29) is 24.2 Å². The van der Waals surface area contributed by atoms with E-state index in [1.165, 1.54) is 4.88 Å². The van der Waals surface area contributed by atoms with Gasteiger partial charge in [-0.3, -0.25) is 0 Å². The monoisotopic (exact) mass is 294 g/mol. The van der Waals surface area contributed by atoms with Crippen LogP contribution in [0.5, 0.6) is 0 Å². The molecule has 0 spiro atoms. The van der Waals surface area contributed by atoms with Crippen molar-refractivity contribution in [2.24, 2.45) is 0 Å². The van der Waals surface area contributed by atoms with Gasteiger partial charge in [0.15, 0.2) is 0 Å². The lowest BCUT2D eigenvalue weighted by atomic mass is 9.93. The van der Waals surface area contributed by atoms with Crippen LogP contribution in [-0.4, -0.2) is 34.7 Å². The fourth-order valence-electron chi connectivity index (χ4n) is 3.26. The van der Waals surface area contributed by atoms with Crippen LogP contribution in [0.1, 0.15) is 49.4 Å². The summed E-state index contributed by atoms with van der Waals surface area (Å²) in [5.74, 6) is 0. The minimum Gasteiger partial charge on any atom is -0.393 e. The summed E-state index contributed by atoms with van der Waals surface area (Å²) in [5, 5.41) is 14.7. The van der Waals surface area contributed by atoms with E-state index in [0.717, 1.165) is 45.1 Å². The number of aliphatic hydroxyl groups is 1. The summed E-state index contributed by atoms with van der Waals surface area (Å²) in [4.78, 5) is 15.7. The molecule has 110 valence electrons. The number of hydrogen-bond acceptors (Lipinski definition) is 3. The molecule has 1 saturated carbocycles. The number of urea groups is 1. The van der Waals surface area contributed by atoms with Crippen LogP contribution in [0.15, 0.2) is 17.5 Å². The molecule has 1 aliphatic carbocycles. The van der Waals surface area contributed by atoms with Crippen LogP contribution in [0.25, 0.3) is 0 Å². The Kier molecular flexibility index (Phi) is 4.27. The van der Waals surface area contributed by atoms with Crippen molar-refractivity contribution in [1.82, 2.24) is 10.2 Å². The number of likely N-dealkylation sites (tertiary alicyclic amines) is 1. The quantitative estimate of drug-likeness (QED) is 0.881. The molecule has 20 heavy (non-hydrogen) atoms. The van der Waals surface area contributed by atoms with Crippen molar-refractivity contribution in [2.45, 2.75) is 56.7 Å². The van der Waals surface area contributed by atoms with E-state index in [1.807, 2.05) is 4.90 Å². The molecule has 0 unspecified atom stereocenters. The predicted octanol–water partition coefficient (Wildman–Crippen LogP) is 2.90. The number of thiophene rings is 1. The fourth-order valence-corrected chi connectivity index (χ4v) is 4.14. The van der Waals surface area contributed by atoms with Gasteiger partial charge in [-0.1, -0.05) is 6.07 Å². The highest BCUT2D eigenvalue weighted by molar-refractivity contribution is 7.10. The molecule has 3 rings (SSSR count). The molecule has 0 radical (unpaired) electrons. The van der Waals surface area contributed by atoms with Gasteiger partial charge in [0.1, 0.15) is 0 Å². The molecule has 0 aromatic carbocycles. The average molecular weight is 294 g/mol. The topological polar surface area (TPSA) is 52.6 Å². The molecule has 2 heterocycles. The molecule has 1 aromatic heterocycles. The predicted molar refractivity (Wildman–Crippen MR) is 79.8 cm³/mol. The van der Waals surface area contributed by atoms with Crippen molar-refractivity contribution in [3.05, 3.63) is 22.4 Å². The van der Waals surface area contributed by atoms with Crippen molar-refractivity contribution in [3.63, 3.8) is 0 Å². The van der Waals surface area contributed by atoms with Crippen LogP contribution in [0.3, 0.4) is 0 Å². The van der Waals surface area contributed by atoms with Crippen LogP contribution in [0.4, 0.5) is 4.79 Å². The molecule has 1 aromatic rings. The Morgan fingerprint density at radius 2 is 2.10 bits per heavy atom. The normalized spacial score (nSPS) is 30.4. The summed E-state index contributed by atoms with van der Waals surface area (Å²) < 4.78 is 0. The molecular formula is C15H22N2O2S. The van der Waals surface area contributed by atoms with Gasteiger partial charge in [-0.25, -0.2) is 4.79 Å². The Morgan fingerprint density at radius 3 is 2.80 bits per heavy atom. The number of rotatable bonds is 2. The summed E-state index contributed by atoms with van der Waals surface area (Å²) in [6.45, 7) is 0.851. The first-order valence-electron chi connectivity index (χ1n) is 7.52. The summed E-state index contributed by atoms with van der Waals surface area (Å²) in [7, 11) is 0. The Bertz CT molecular complexity index is 441. The lowest BCUT2D eigenvalue weighted by Crippen LogP contribution is -2.46. The third-order valence-electron chi connectivity index (χ3n) is 4.41. The molecule has 2 aliphatic rings. The van der Waals surface area contributed by atoms with Crippen LogP contribution < -0.4 is 5.32 Å². The van der Waals surface area contributed by atoms with E-state index >= 15 is 0 Å². The number of nitrogens with zero attached hydrogens (tertiary/aromatic N) is 1. The summed E-state index contributed by atoms with van der Waals surface area (Å²) in [5.41, 5.74) is 0. The summed E-state index contributed by atoms with van der Waals surface area (Å²) >= 11 is 1.73. The zero-order valence-corrected chi connectivity index (χ0v) is 12.4. The average Bonchev–Trinajstić information content (AvgIpc) is 3.11. The van der Waals surface area contributed by atoms with Gasteiger partial charge in [0.25, 0.3) is 0 Å². The van der Waals surface area contributed by atoms with E-state index in [9.17, 15) is 9.90 Å². The van der Waals surface area contributed by atoms with Gasteiger partial charge in [0.2, 0.25) is 0 Å². The highest BCUT2D eigenvalue weighted by atomic mass is 32.1. The molecule has 2 amide bonds. The number of aliphatic hydroxyl groups excluding tert-OH is 1. The van der Waals surface area contributed by atoms with Crippen molar-refractivity contribution < 1.29 is 9.90 Å². The lowest BCUT2D eigenvalue weighted by molar-refractivity contribution is 0.114. The maximum Gasteiger partial charge on any atom is 0.318 e. The standard InChI is InChI=1S/C15H22N2O2S/c18-12-7-5-11(6-8-12)16-15(19)17-9-1-3-13(17)14-4-2-10-20-14/h2,4,10-13,18H,1,3,5-9H2,(H,16,19)/t11?,12?,13-/m0/s1. The molecule has 1 saturated heterocycles. The highest BCUT2D eigenvalue weighted by Crippen LogP contribution is 2.34. The second kappa shape index (κ2) is 6.14. The van der Waals surface area contributed by atoms with E-state index < -0.39 is 0 Å². The van der Waals surface area contributed by atoms with Crippen molar-refractivity contribution >= 4 is 17.4 Å². The third-order valence-corrected chi connectivity index (χ3v) is 5.38. The van der Waals surface area contributed by atoms with E-state index in [2.05, 4.69) is 22.8 Å². The smallest absolute Gasteiger partial charge is 0.318 e. The molecular weight excluding hydrogens is 272 g/mol. The molecule has 1 aliphatic heterocycles. The molecule has 1 atom stereocenters. The Morgan fingerprint density at radius 1 is 1.30 bits per heavy atom. The van der Waals surface area contributed by atoms with Crippen molar-refractivity contribution in [3.8, 4) is 0 Å². The van der Waals surface area contributed by atoms with Crippen molar-refractivity contribution in [2.75, 3.05) is 6.54 Å². The molecule has 5 heteroatoms. The fraction of sp³-hybridized carbons (Fsp3) is 0.667. The van der Waals surface area contributed by atoms with Gasteiger partial charge in [-0.2, -0.15) is 0 Å². The zero-order valence-electron chi connectivity index (χ0n) is 11.6. The maximum absolute atomic E-state index is 12.5. The van der Waals surface area contributed by atoms with E-state index in [0.29, 0.717) is 0 Å². The van der Waals surface area contributed by atoms with Crippen LogP contribution in [0.2, 0.25) is 0 Å². The molecule has 2 N–H and O–H groups in total. The first-order valence-corrected chi connectivity index (χ1v) is 8.40. The van der Waals surface area contributed by atoms with Crippen LogP contribution in [-0.2, 0) is 0 Å². The molecule has 2 fully saturated rings. The highest BCUT2D eigenvalue weighted by Gasteiger charge is 2.32. The Hall–Kier alpha value is -1.07. The first kappa shape index (κ1) is 13.9. The van der Waals surface area contributed by atoms with Gasteiger partial charge in [-0.15, -0.1) is 11.3 Å². The lowest BCUT2D eigenvalue weighted by Gasteiger charge is -2.30. The number of carbonyl (C=O) groups excluding carboxylic acids is 1. The van der Waals surface area contributed by atoms with E-state index in [1.54, 1.807) is 11.3 Å². The van der Waals surface area contributed by atoms with Gasteiger partial charge < -0.3 is 15.3 Å². The largest absolute Gasteiger partial charge is 0.393 e. The van der Waals surface area contributed by atoms with Gasteiger partial charge >= 0.3 is 6.03 Å². The second-order valence-corrected chi connectivity index (χ2v) is 6.80. The van der Waals surface area contributed by atoms with Crippen LogP contribution >= 0.6 is 11.3 Å². The van der Waals surface area contributed by atoms with Crippen molar-refractivity contribution in [1.29, 1.82) is 0 Å². The number of nitrogens with one attached hydrogen (secondary N) is 1. The van der Waals surface area contributed by atoms with Gasteiger partial charge in [-0.05, 0) is 50.0 Å². The molecule has 4 nitrogen and oxygen atoms in total. The first-order chi connectivity index (χ1) is 9.74. The number of hydrogen-bond donors (Lipinski definition) is 2. The SMILES string of the molecule is O=C(NC1CCC(O)CC1)N1CCC[C@H]1c1cccs1. The van der Waals surface area contributed by atoms with Gasteiger partial charge in [0, 0.05) is 17.5 Å². The minimum absolute atomic E-state index is 0.0716. The second-order valence-electron chi connectivity index (χ2n) is 5.82. The Labute approximate surface area is 123 Å². The summed E-state index contributed by atoms with van der Waals surface area (Å²) in [6.07, 6.45) is 5.37. The Balaban J connectivity index is 1.59. The zero-order chi connectivity index (χ0) is 13.9. The maximum atomic E-state index is 12.5. The number of amides is 2. The number of carbonyl (C=O) groups is 1. The minimum atomic E-state index is -0.172. The summed E-state index contributed by atoms with van der Waals surface area (Å²) in [6, 6.07) is 4.73. The van der Waals surface area contributed by atoms with E-state index in [4.69, 9.17) is 0 Å². The van der Waals surface area contributed by atoms with Gasteiger partial charge in [0.05, 0.1) is 12.1 Å².